The largest absolute Gasteiger partial charge is 0.481 e. The first kappa shape index (κ1) is 15.8. The Morgan fingerprint density at radius 1 is 1.18 bits per heavy atom. The number of nitrogens with one attached hydrogen (secondary N) is 1. The molecule has 0 aliphatic heterocycles. The molecule has 0 aliphatic rings. The van der Waals surface area contributed by atoms with E-state index in [9.17, 15) is 0 Å². The van der Waals surface area contributed by atoms with Crippen LogP contribution in [0.2, 0.25) is 0 Å². The van der Waals surface area contributed by atoms with Crippen molar-refractivity contribution in [3.8, 4) is 17.7 Å². The van der Waals surface area contributed by atoms with Gasteiger partial charge in [0.05, 0.1) is 7.11 Å². The van der Waals surface area contributed by atoms with Crippen LogP contribution in [0.1, 0.15) is 43.4 Å². The third kappa shape index (κ3) is 3.98. The Balaban J connectivity index is 2.30. The molecule has 4 heteroatoms. The lowest BCUT2D eigenvalue weighted by Crippen LogP contribution is -2.05. The molecule has 0 fully saturated rings. The first-order chi connectivity index (χ1) is 10.6. The van der Waals surface area contributed by atoms with Gasteiger partial charge in [-0.25, -0.2) is 9.97 Å². The fraction of sp³-hybridized carbons (Fsp3) is 0.333. The van der Waals surface area contributed by atoms with Gasteiger partial charge >= 0.3 is 0 Å². The van der Waals surface area contributed by atoms with E-state index in [2.05, 4.69) is 54.0 Å². The number of nitrogens with zero attached hydrogens (tertiary/aromatic N) is 2. The highest BCUT2D eigenvalue weighted by Crippen LogP contribution is 2.22. The number of aromatic nitrogens is 2. The number of ether oxygens (including phenoxy) is 1. The Hall–Kier alpha value is -2.54. The van der Waals surface area contributed by atoms with E-state index in [1.807, 2.05) is 12.1 Å². The molecular weight excluding hydrogens is 274 g/mol. The number of hydrogen-bond donors (Lipinski definition) is 1. The van der Waals surface area contributed by atoms with Gasteiger partial charge in [0.15, 0.2) is 0 Å². The zero-order valence-corrected chi connectivity index (χ0v) is 13.5. The molecular formula is C18H21N3O. The minimum Gasteiger partial charge on any atom is -0.481 e. The maximum atomic E-state index is 5.10. The molecule has 2 heterocycles. The van der Waals surface area contributed by atoms with Gasteiger partial charge in [0.1, 0.15) is 5.82 Å². The quantitative estimate of drug-likeness (QED) is 0.878. The minimum absolute atomic E-state index is 0.393. The zero-order valence-electron chi connectivity index (χ0n) is 13.5. The van der Waals surface area contributed by atoms with Crippen LogP contribution in [0.5, 0.6) is 5.88 Å². The molecule has 2 aromatic rings. The summed E-state index contributed by atoms with van der Waals surface area (Å²) in [6.07, 6.45) is 3.49. The molecule has 0 unspecified atom stereocenters. The molecule has 1 N–H and O–H groups in total. The van der Waals surface area contributed by atoms with Gasteiger partial charge in [0.2, 0.25) is 5.88 Å². The summed E-state index contributed by atoms with van der Waals surface area (Å²) in [6.45, 7) is 7.23. The van der Waals surface area contributed by atoms with Crippen molar-refractivity contribution >= 4 is 5.82 Å². The lowest BCUT2D eigenvalue weighted by atomic mass is 10.0. The normalized spacial score (nSPS) is 10.0. The molecule has 114 valence electrons. The third-order valence-corrected chi connectivity index (χ3v) is 3.18. The van der Waals surface area contributed by atoms with E-state index in [1.165, 1.54) is 5.56 Å². The second-order valence-corrected chi connectivity index (χ2v) is 5.18. The molecule has 0 saturated carbocycles. The van der Waals surface area contributed by atoms with Crippen LogP contribution in [0, 0.1) is 11.8 Å². The van der Waals surface area contributed by atoms with E-state index in [-0.39, 0.29) is 0 Å². The van der Waals surface area contributed by atoms with Crippen molar-refractivity contribution in [1.82, 2.24) is 9.97 Å². The van der Waals surface area contributed by atoms with Crippen molar-refractivity contribution in [1.29, 1.82) is 0 Å². The van der Waals surface area contributed by atoms with E-state index < -0.39 is 0 Å². The monoisotopic (exact) mass is 295 g/mol. The van der Waals surface area contributed by atoms with E-state index in [0.717, 1.165) is 23.5 Å². The van der Waals surface area contributed by atoms with Gasteiger partial charge in [-0.3, -0.25) is 0 Å². The van der Waals surface area contributed by atoms with Crippen LogP contribution in [-0.4, -0.2) is 23.6 Å². The predicted octanol–water partition coefficient (Wildman–Crippen LogP) is 3.44. The van der Waals surface area contributed by atoms with Crippen molar-refractivity contribution in [2.45, 2.75) is 26.7 Å². The second-order valence-electron chi connectivity index (χ2n) is 5.18. The average Bonchev–Trinajstić information content (AvgIpc) is 2.54. The first-order valence-corrected chi connectivity index (χ1v) is 7.40. The SMILES string of the molecule is CCNc1ncc(C#Cc2ccnc(OC)c2)cc1C(C)C. The third-order valence-electron chi connectivity index (χ3n) is 3.18. The maximum Gasteiger partial charge on any atom is 0.214 e. The summed E-state index contributed by atoms with van der Waals surface area (Å²) in [5.41, 5.74) is 2.95. The highest BCUT2D eigenvalue weighted by atomic mass is 16.5. The molecule has 0 amide bonds. The molecule has 0 saturated heterocycles. The Morgan fingerprint density at radius 3 is 2.64 bits per heavy atom. The van der Waals surface area contributed by atoms with Crippen molar-refractivity contribution in [2.24, 2.45) is 0 Å². The lowest BCUT2D eigenvalue weighted by molar-refractivity contribution is 0.398. The summed E-state index contributed by atoms with van der Waals surface area (Å²) < 4.78 is 5.10. The van der Waals surface area contributed by atoms with Gasteiger partial charge in [-0.1, -0.05) is 25.7 Å². The Bertz CT molecular complexity index is 699. The van der Waals surface area contributed by atoms with Crippen LogP contribution in [0.25, 0.3) is 0 Å². The number of hydrogen-bond acceptors (Lipinski definition) is 4. The van der Waals surface area contributed by atoms with Gasteiger partial charge in [0.25, 0.3) is 0 Å². The summed E-state index contributed by atoms with van der Waals surface area (Å²) in [5, 5.41) is 3.29. The van der Waals surface area contributed by atoms with Crippen LogP contribution < -0.4 is 10.1 Å². The summed E-state index contributed by atoms with van der Waals surface area (Å²) in [6, 6.07) is 5.77. The van der Waals surface area contributed by atoms with Crippen LogP contribution >= 0.6 is 0 Å². The topological polar surface area (TPSA) is 47.0 Å². The van der Waals surface area contributed by atoms with Crippen molar-refractivity contribution < 1.29 is 4.74 Å². The molecule has 2 aromatic heterocycles. The second kappa shape index (κ2) is 7.46. The van der Waals surface area contributed by atoms with Crippen LogP contribution in [0.15, 0.2) is 30.6 Å². The summed E-state index contributed by atoms with van der Waals surface area (Å²) in [7, 11) is 1.60. The Morgan fingerprint density at radius 2 is 1.95 bits per heavy atom. The smallest absolute Gasteiger partial charge is 0.214 e. The molecule has 22 heavy (non-hydrogen) atoms. The number of pyridine rings is 2. The van der Waals surface area contributed by atoms with Crippen molar-refractivity contribution in [3.63, 3.8) is 0 Å². The molecule has 0 radical (unpaired) electrons. The van der Waals surface area contributed by atoms with E-state index in [1.54, 1.807) is 19.5 Å². The van der Waals surface area contributed by atoms with E-state index in [4.69, 9.17) is 4.74 Å². The predicted molar refractivity (Wildman–Crippen MR) is 89.3 cm³/mol. The Labute approximate surface area is 132 Å². The Kier molecular flexibility index (Phi) is 5.37. The standard InChI is InChI=1S/C18H21N3O/c1-5-19-18-16(13(2)3)10-15(12-21-18)7-6-14-8-9-20-17(11-14)22-4/h8-13H,5H2,1-4H3,(H,19,21). The van der Waals surface area contributed by atoms with Gasteiger partial charge in [-0.15, -0.1) is 0 Å². The van der Waals surface area contributed by atoms with E-state index in [0.29, 0.717) is 11.8 Å². The summed E-state index contributed by atoms with van der Waals surface area (Å²) in [5.74, 6) is 8.17. The molecule has 4 nitrogen and oxygen atoms in total. The average molecular weight is 295 g/mol. The van der Waals surface area contributed by atoms with Gasteiger partial charge in [-0.05, 0) is 30.5 Å². The van der Waals surface area contributed by atoms with Gasteiger partial charge in [0, 0.05) is 36.1 Å². The lowest BCUT2D eigenvalue weighted by Gasteiger charge is -2.12. The van der Waals surface area contributed by atoms with Crippen molar-refractivity contribution in [3.05, 3.63) is 47.3 Å². The zero-order chi connectivity index (χ0) is 15.9. The fourth-order valence-corrected chi connectivity index (χ4v) is 2.05. The fourth-order valence-electron chi connectivity index (χ4n) is 2.05. The molecule has 2 rings (SSSR count). The maximum absolute atomic E-state index is 5.10. The molecule has 0 aliphatic carbocycles. The van der Waals surface area contributed by atoms with Gasteiger partial charge in [-0.2, -0.15) is 0 Å². The highest BCUT2D eigenvalue weighted by molar-refractivity contribution is 5.51. The first-order valence-electron chi connectivity index (χ1n) is 7.40. The molecule has 0 bridgehead atoms. The number of methoxy groups -OCH3 is 1. The van der Waals surface area contributed by atoms with Crippen LogP contribution in [0.4, 0.5) is 5.82 Å². The molecule has 0 aromatic carbocycles. The minimum atomic E-state index is 0.393. The highest BCUT2D eigenvalue weighted by Gasteiger charge is 2.08. The number of rotatable bonds is 4. The number of anilines is 1. The summed E-state index contributed by atoms with van der Waals surface area (Å²) >= 11 is 0. The molecule has 0 spiro atoms. The van der Waals surface area contributed by atoms with Gasteiger partial charge < -0.3 is 10.1 Å². The van der Waals surface area contributed by atoms with Crippen LogP contribution in [-0.2, 0) is 0 Å². The van der Waals surface area contributed by atoms with E-state index >= 15 is 0 Å². The summed E-state index contributed by atoms with van der Waals surface area (Å²) in [4.78, 5) is 8.56. The van der Waals surface area contributed by atoms with Crippen molar-refractivity contribution in [2.75, 3.05) is 19.0 Å². The van der Waals surface area contributed by atoms with Crippen LogP contribution in [0.3, 0.4) is 0 Å². The molecule has 0 atom stereocenters.